The van der Waals surface area contributed by atoms with E-state index in [1.807, 2.05) is 48.5 Å². The van der Waals surface area contributed by atoms with Crippen LogP contribution >= 0.6 is 0 Å². The molecule has 170 valence electrons. The zero-order valence-corrected chi connectivity index (χ0v) is 18.7. The number of nitrogens with zero attached hydrogens (tertiary/aromatic N) is 1. The van der Waals surface area contributed by atoms with Crippen molar-refractivity contribution in [2.75, 3.05) is 23.4 Å². The van der Waals surface area contributed by atoms with E-state index >= 15 is 0 Å². The van der Waals surface area contributed by atoms with E-state index in [0.29, 0.717) is 23.7 Å². The van der Waals surface area contributed by atoms with E-state index < -0.39 is 6.10 Å². The fourth-order valence-electron chi connectivity index (χ4n) is 3.80. The first-order valence-electron chi connectivity index (χ1n) is 11.2. The highest BCUT2D eigenvalue weighted by Gasteiger charge is 2.31. The van der Waals surface area contributed by atoms with Crippen LogP contribution in [-0.2, 0) is 16.0 Å². The summed E-state index contributed by atoms with van der Waals surface area (Å²) >= 11 is 0. The Morgan fingerprint density at radius 2 is 1.76 bits per heavy atom. The number of hydrogen-bond donors (Lipinski definition) is 1. The van der Waals surface area contributed by atoms with Crippen LogP contribution in [0.25, 0.3) is 0 Å². The number of ether oxygens (including phenoxy) is 2. The van der Waals surface area contributed by atoms with Crippen LogP contribution in [0, 0.1) is 0 Å². The van der Waals surface area contributed by atoms with Gasteiger partial charge in [-0.15, -0.1) is 0 Å². The molecular formula is C27H28N2O4. The lowest BCUT2D eigenvalue weighted by Gasteiger charge is -2.33. The molecule has 0 fully saturated rings. The maximum atomic E-state index is 12.8. The number of nitrogens with one attached hydrogen (secondary N) is 1. The second kappa shape index (κ2) is 10.7. The molecule has 6 heteroatoms. The van der Waals surface area contributed by atoms with Gasteiger partial charge in [0.25, 0.3) is 5.91 Å². The summed E-state index contributed by atoms with van der Waals surface area (Å²) in [5.41, 5.74) is 2.55. The van der Waals surface area contributed by atoms with Crippen molar-refractivity contribution in [3.05, 3.63) is 84.4 Å². The van der Waals surface area contributed by atoms with Crippen LogP contribution in [0.5, 0.6) is 11.5 Å². The highest BCUT2D eigenvalue weighted by atomic mass is 16.5. The van der Waals surface area contributed by atoms with E-state index in [1.165, 1.54) is 5.56 Å². The molecule has 0 aliphatic carbocycles. The van der Waals surface area contributed by atoms with Gasteiger partial charge < -0.3 is 19.7 Å². The molecule has 1 unspecified atom stereocenters. The minimum absolute atomic E-state index is 0.0738. The normalized spacial score (nSPS) is 14.9. The van der Waals surface area contributed by atoms with Crippen molar-refractivity contribution in [2.45, 2.75) is 32.3 Å². The second-order valence-electron chi connectivity index (χ2n) is 7.98. The summed E-state index contributed by atoms with van der Waals surface area (Å²) in [4.78, 5) is 27.0. The van der Waals surface area contributed by atoms with Crippen LogP contribution in [0.15, 0.2) is 78.9 Å². The van der Waals surface area contributed by atoms with Gasteiger partial charge in [-0.3, -0.25) is 9.59 Å². The summed E-state index contributed by atoms with van der Waals surface area (Å²) < 4.78 is 11.4. The number of benzene rings is 3. The van der Waals surface area contributed by atoms with Crippen molar-refractivity contribution in [3.8, 4) is 11.5 Å². The van der Waals surface area contributed by atoms with Crippen molar-refractivity contribution >= 4 is 23.2 Å². The van der Waals surface area contributed by atoms with Gasteiger partial charge in [-0.05, 0) is 55.7 Å². The lowest BCUT2D eigenvalue weighted by Crippen LogP contribution is -2.45. The molecule has 33 heavy (non-hydrogen) atoms. The summed E-state index contributed by atoms with van der Waals surface area (Å²) in [6, 6.07) is 25.0. The van der Waals surface area contributed by atoms with Crippen LogP contribution in [0.1, 0.15) is 25.3 Å². The molecule has 1 N–H and O–H groups in total. The first kappa shape index (κ1) is 22.4. The molecule has 1 atom stereocenters. The maximum absolute atomic E-state index is 12.8. The third-order valence-electron chi connectivity index (χ3n) is 5.48. The smallest absolute Gasteiger partial charge is 0.267 e. The third kappa shape index (κ3) is 5.92. The molecule has 3 aromatic rings. The van der Waals surface area contributed by atoms with Crippen LogP contribution in [0.3, 0.4) is 0 Å². The van der Waals surface area contributed by atoms with E-state index in [-0.39, 0.29) is 24.8 Å². The van der Waals surface area contributed by atoms with E-state index in [0.717, 1.165) is 18.6 Å². The maximum Gasteiger partial charge on any atom is 0.267 e. The molecule has 0 bridgehead atoms. The third-order valence-corrected chi connectivity index (χ3v) is 5.48. The summed E-state index contributed by atoms with van der Waals surface area (Å²) in [6.07, 6.45) is 1.39. The predicted octanol–water partition coefficient (Wildman–Crippen LogP) is 4.84. The molecule has 3 aromatic carbocycles. The lowest BCUT2D eigenvalue weighted by atomic mass is 10.1. The first-order chi connectivity index (χ1) is 16.1. The van der Waals surface area contributed by atoms with Crippen molar-refractivity contribution in [2.24, 2.45) is 0 Å². The number of hydrogen-bond acceptors (Lipinski definition) is 4. The number of carbonyl (C=O) groups excluding carboxylic acids is 2. The lowest BCUT2D eigenvalue weighted by molar-refractivity contribution is -0.125. The number of fused-ring (bicyclic) bond motifs is 1. The summed E-state index contributed by atoms with van der Waals surface area (Å²) in [5.74, 6) is 1.15. The Morgan fingerprint density at radius 1 is 1.03 bits per heavy atom. The molecule has 0 saturated heterocycles. The van der Waals surface area contributed by atoms with Gasteiger partial charge >= 0.3 is 0 Å². The number of rotatable bonds is 9. The van der Waals surface area contributed by atoms with Gasteiger partial charge in [-0.25, -0.2) is 0 Å². The number of carbonyl (C=O) groups is 2. The summed E-state index contributed by atoms with van der Waals surface area (Å²) in [7, 11) is 0. The Morgan fingerprint density at radius 3 is 2.52 bits per heavy atom. The SMILES string of the molecule is CC1Oc2ccc(NC(=O)CCOc3ccccc3)cc2N(CCCc2ccccc2)C1=O. The predicted molar refractivity (Wildman–Crippen MR) is 129 cm³/mol. The quantitative estimate of drug-likeness (QED) is 0.513. The average Bonchev–Trinajstić information content (AvgIpc) is 2.83. The highest BCUT2D eigenvalue weighted by Crippen LogP contribution is 2.36. The molecular weight excluding hydrogens is 416 g/mol. The second-order valence-corrected chi connectivity index (χ2v) is 7.98. The van der Waals surface area contributed by atoms with Crippen molar-refractivity contribution in [3.63, 3.8) is 0 Å². The Balaban J connectivity index is 1.38. The Bertz CT molecular complexity index is 1090. The number of para-hydroxylation sites is 1. The molecule has 1 aliphatic heterocycles. The van der Waals surface area contributed by atoms with E-state index in [1.54, 1.807) is 30.0 Å². The Labute approximate surface area is 194 Å². The Kier molecular flexibility index (Phi) is 7.25. The Hall–Kier alpha value is -3.80. The zero-order valence-electron chi connectivity index (χ0n) is 18.7. The molecule has 1 heterocycles. The zero-order chi connectivity index (χ0) is 23.0. The molecule has 2 amide bonds. The van der Waals surface area contributed by atoms with Crippen LogP contribution in [0.2, 0.25) is 0 Å². The van der Waals surface area contributed by atoms with Gasteiger partial charge in [0, 0.05) is 12.2 Å². The fraction of sp³-hybridized carbons (Fsp3) is 0.259. The van der Waals surface area contributed by atoms with Crippen LogP contribution in [0.4, 0.5) is 11.4 Å². The van der Waals surface area contributed by atoms with E-state index in [2.05, 4.69) is 17.4 Å². The highest BCUT2D eigenvalue weighted by molar-refractivity contribution is 6.01. The van der Waals surface area contributed by atoms with Gasteiger partial charge in [0.1, 0.15) is 11.5 Å². The van der Waals surface area contributed by atoms with Gasteiger partial charge in [-0.1, -0.05) is 48.5 Å². The standard InChI is InChI=1S/C27H28N2O4/c1-20-27(31)29(17-8-11-21-9-4-2-5-10-21)24-19-22(14-15-25(24)33-20)28-26(30)16-18-32-23-12-6-3-7-13-23/h2-7,9-10,12-15,19-20H,8,11,16-18H2,1H3,(H,28,30). The first-order valence-corrected chi connectivity index (χ1v) is 11.2. The molecule has 0 saturated carbocycles. The summed E-state index contributed by atoms with van der Waals surface area (Å²) in [5, 5.41) is 2.89. The molecule has 4 rings (SSSR count). The van der Waals surface area contributed by atoms with Crippen LogP contribution < -0.4 is 19.7 Å². The largest absolute Gasteiger partial charge is 0.493 e. The average molecular weight is 445 g/mol. The minimum Gasteiger partial charge on any atom is -0.493 e. The fourth-order valence-corrected chi connectivity index (χ4v) is 3.80. The molecule has 0 radical (unpaired) electrons. The number of aryl methyl sites for hydroxylation is 1. The van der Waals surface area contributed by atoms with Crippen molar-refractivity contribution < 1.29 is 19.1 Å². The van der Waals surface area contributed by atoms with Crippen LogP contribution in [-0.4, -0.2) is 31.1 Å². The monoisotopic (exact) mass is 444 g/mol. The van der Waals surface area contributed by atoms with Crippen molar-refractivity contribution in [1.29, 1.82) is 0 Å². The molecule has 6 nitrogen and oxygen atoms in total. The van der Waals surface area contributed by atoms with Gasteiger partial charge in [0.15, 0.2) is 6.10 Å². The van der Waals surface area contributed by atoms with E-state index in [4.69, 9.17) is 9.47 Å². The van der Waals surface area contributed by atoms with E-state index in [9.17, 15) is 9.59 Å². The topological polar surface area (TPSA) is 67.9 Å². The van der Waals surface area contributed by atoms with Gasteiger partial charge in [0.2, 0.25) is 5.91 Å². The van der Waals surface area contributed by atoms with Gasteiger partial charge in [0.05, 0.1) is 18.7 Å². The van der Waals surface area contributed by atoms with Crippen molar-refractivity contribution in [1.82, 2.24) is 0 Å². The molecule has 0 spiro atoms. The molecule has 1 aliphatic rings. The minimum atomic E-state index is -0.537. The summed E-state index contributed by atoms with van der Waals surface area (Å²) in [6.45, 7) is 2.63. The number of amides is 2. The molecule has 0 aromatic heterocycles. The van der Waals surface area contributed by atoms with Gasteiger partial charge in [-0.2, -0.15) is 0 Å². The number of anilines is 2.